The van der Waals surface area contributed by atoms with Crippen molar-refractivity contribution in [2.45, 2.75) is 37.9 Å². The molecule has 27 heavy (non-hydrogen) atoms. The molecule has 0 spiro atoms. The molecule has 1 amide bonds. The second-order valence-electron chi connectivity index (χ2n) is 6.54. The number of hydrogen-bond donors (Lipinski definition) is 1. The third-order valence-electron chi connectivity index (χ3n) is 4.77. The molecule has 1 saturated carbocycles. The first-order valence-corrected chi connectivity index (χ1v) is 9.41. The van der Waals surface area contributed by atoms with E-state index in [9.17, 15) is 18.0 Å². The van der Waals surface area contributed by atoms with Crippen molar-refractivity contribution in [1.29, 1.82) is 0 Å². The standard InChI is InChI=1S/C17H16F3N5OS/c18-17(19,20)10-1-3-11(4-2-10)22-15(26)13-14-12(5-8-27-14)23-16(24-13)25-7-6-21-9-25/h5-11H,1-4H2,(H,22,26)/t10-,11+. The quantitative estimate of drug-likeness (QED) is 0.734. The number of halogens is 3. The molecule has 0 unspecified atom stereocenters. The van der Waals surface area contributed by atoms with Gasteiger partial charge in [-0.25, -0.2) is 15.0 Å². The highest BCUT2D eigenvalue weighted by molar-refractivity contribution is 7.17. The fourth-order valence-electron chi connectivity index (χ4n) is 3.32. The van der Waals surface area contributed by atoms with Crippen LogP contribution < -0.4 is 5.32 Å². The summed E-state index contributed by atoms with van der Waals surface area (Å²) in [6, 6.07) is 1.52. The second-order valence-corrected chi connectivity index (χ2v) is 7.46. The monoisotopic (exact) mass is 395 g/mol. The minimum atomic E-state index is -4.16. The summed E-state index contributed by atoms with van der Waals surface area (Å²) < 4.78 is 40.7. The molecule has 142 valence electrons. The van der Waals surface area contributed by atoms with E-state index in [-0.39, 0.29) is 30.5 Å². The molecule has 3 aromatic rings. The largest absolute Gasteiger partial charge is 0.391 e. The summed E-state index contributed by atoms with van der Waals surface area (Å²) in [5.41, 5.74) is 0.876. The van der Waals surface area contributed by atoms with Gasteiger partial charge in [-0.15, -0.1) is 11.3 Å². The van der Waals surface area contributed by atoms with Crippen LogP contribution in [0.25, 0.3) is 16.2 Å². The summed E-state index contributed by atoms with van der Waals surface area (Å²) in [4.78, 5) is 25.5. The Morgan fingerprint density at radius 3 is 2.67 bits per heavy atom. The molecular weight excluding hydrogens is 379 g/mol. The molecule has 6 nitrogen and oxygen atoms in total. The van der Waals surface area contributed by atoms with Crippen molar-refractivity contribution in [1.82, 2.24) is 24.8 Å². The normalized spacial score (nSPS) is 20.7. The Morgan fingerprint density at radius 2 is 2.00 bits per heavy atom. The van der Waals surface area contributed by atoms with Gasteiger partial charge in [0.1, 0.15) is 6.33 Å². The summed E-state index contributed by atoms with van der Waals surface area (Å²) in [6.45, 7) is 0. The lowest BCUT2D eigenvalue weighted by atomic mass is 9.85. The second kappa shape index (κ2) is 6.91. The SMILES string of the molecule is O=C(N[C@H]1CC[C@@H](C(F)(F)F)CC1)c1nc(-n2ccnc2)nc2ccsc12. The molecule has 0 saturated heterocycles. The zero-order valence-corrected chi connectivity index (χ0v) is 14.9. The molecule has 1 N–H and O–H groups in total. The smallest absolute Gasteiger partial charge is 0.348 e. The number of alkyl halides is 3. The number of nitrogens with zero attached hydrogens (tertiary/aromatic N) is 4. The number of hydrogen-bond acceptors (Lipinski definition) is 5. The van der Waals surface area contributed by atoms with E-state index in [2.05, 4.69) is 20.3 Å². The average molecular weight is 395 g/mol. The van der Waals surface area contributed by atoms with Gasteiger partial charge >= 0.3 is 6.18 Å². The van der Waals surface area contributed by atoms with E-state index in [1.54, 1.807) is 23.0 Å². The highest BCUT2D eigenvalue weighted by Gasteiger charge is 2.41. The van der Waals surface area contributed by atoms with Crippen molar-refractivity contribution in [3.8, 4) is 5.95 Å². The molecule has 3 aromatic heterocycles. The van der Waals surface area contributed by atoms with Crippen LogP contribution in [0.3, 0.4) is 0 Å². The molecule has 4 rings (SSSR count). The molecule has 1 fully saturated rings. The topological polar surface area (TPSA) is 72.7 Å². The summed E-state index contributed by atoms with van der Waals surface area (Å²) in [6.07, 6.45) is 1.32. The van der Waals surface area contributed by atoms with Gasteiger partial charge in [-0.1, -0.05) is 0 Å². The van der Waals surface area contributed by atoms with E-state index in [1.165, 1.54) is 17.7 Å². The first-order valence-electron chi connectivity index (χ1n) is 8.53. The number of rotatable bonds is 3. The van der Waals surface area contributed by atoms with Crippen LogP contribution in [-0.4, -0.2) is 37.6 Å². The molecule has 1 aliphatic carbocycles. The molecule has 0 bridgehead atoms. The number of carbonyl (C=O) groups is 1. The number of thiophene rings is 1. The van der Waals surface area contributed by atoms with Crippen molar-refractivity contribution >= 4 is 27.5 Å². The van der Waals surface area contributed by atoms with Gasteiger partial charge in [0.15, 0.2) is 5.69 Å². The average Bonchev–Trinajstić information content (AvgIpc) is 3.32. The van der Waals surface area contributed by atoms with Gasteiger partial charge < -0.3 is 5.32 Å². The Labute approximate surface area is 156 Å². The van der Waals surface area contributed by atoms with Gasteiger partial charge in [-0.3, -0.25) is 9.36 Å². The lowest BCUT2D eigenvalue weighted by Crippen LogP contribution is -2.40. The highest BCUT2D eigenvalue weighted by Crippen LogP contribution is 2.37. The molecule has 0 aliphatic heterocycles. The number of fused-ring (bicyclic) bond motifs is 1. The number of amides is 1. The van der Waals surface area contributed by atoms with Crippen molar-refractivity contribution in [3.63, 3.8) is 0 Å². The summed E-state index contributed by atoms with van der Waals surface area (Å²) >= 11 is 1.35. The highest BCUT2D eigenvalue weighted by atomic mass is 32.1. The van der Waals surface area contributed by atoms with Crippen LogP contribution in [0.15, 0.2) is 30.2 Å². The third kappa shape index (κ3) is 3.66. The van der Waals surface area contributed by atoms with E-state index >= 15 is 0 Å². The first kappa shape index (κ1) is 17.9. The number of nitrogens with one attached hydrogen (secondary N) is 1. The Kier molecular flexibility index (Phi) is 4.58. The van der Waals surface area contributed by atoms with Crippen molar-refractivity contribution < 1.29 is 18.0 Å². The molecule has 0 aromatic carbocycles. The number of carbonyl (C=O) groups excluding carboxylic acids is 1. The van der Waals surface area contributed by atoms with Gasteiger partial charge in [0, 0.05) is 18.4 Å². The van der Waals surface area contributed by atoms with Gasteiger partial charge in [-0.05, 0) is 37.1 Å². The van der Waals surface area contributed by atoms with Gasteiger partial charge in [0.25, 0.3) is 5.91 Å². The minimum Gasteiger partial charge on any atom is -0.348 e. The van der Waals surface area contributed by atoms with Gasteiger partial charge in [0.05, 0.1) is 16.1 Å². The van der Waals surface area contributed by atoms with Gasteiger partial charge in [0.2, 0.25) is 5.95 Å². The van der Waals surface area contributed by atoms with Crippen LogP contribution in [0, 0.1) is 5.92 Å². The first-order chi connectivity index (χ1) is 12.9. The van der Waals surface area contributed by atoms with Crippen LogP contribution in [0.2, 0.25) is 0 Å². The van der Waals surface area contributed by atoms with E-state index in [4.69, 9.17) is 0 Å². The summed E-state index contributed by atoms with van der Waals surface area (Å²) in [5.74, 6) is -1.34. The fourth-order valence-corrected chi connectivity index (χ4v) is 4.13. The van der Waals surface area contributed by atoms with Crippen LogP contribution in [0.4, 0.5) is 13.2 Å². The maximum Gasteiger partial charge on any atom is 0.391 e. The molecular formula is C17H16F3N5OS. The minimum absolute atomic E-state index is 0.0346. The number of aromatic nitrogens is 4. The van der Waals surface area contributed by atoms with Crippen LogP contribution in [0.5, 0.6) is 0 Å². The zero-order chi connectivity index (χ0) is 19.0. The fraction of sp³-hybridized carbons (Fsp3) is 0.412. The molecule has 0 atom stereocenters. The number of imidazole rings is 1. The molecule has 3 heterocycles. The van der Waals surface area contributed by atoms with E-state index in [0.29, 0.717) is 29.0 Å². The van der Waals surface area contributed by atoms with Crippen molar-refractivity contribution in [2.75, 3.05) is 0 Å². The maximum absolute atomic E-state index is 12.8. The Bertz CT molecular complexity index is 945. The predicted molar refractivity (Wildman–Crippen MR) is 93.8 cm³/mol. The van der Waals surface area contributed by atoms with Crippen molar-refractivity contribution in [3.05, 3.63) is 35.9 Å². The Morgan fingerprint density at radius 1 is 1.22 bits per heavy atom. The predicted octanol–water partition coefficient (Wildman–Crippen LogP) is 3.73. The van der Waals surface area contributed by atoms with Crippen LogP contribution >= 0.6 is 11.3 Å². The zero-order valence-electron chi connectivity index (χ0n) is 14.1. The molecule has 1 aliphatic rings. The van der Waals surface area contributed by atoms with Crippen LogP contribution in [0.1, 0.15) is 36.2 Å². The van der Waals surface area contributed by atoms with E-state index in [1.807, 2.05) is 5.38 Å². The van der Waals surface area contributed by atoms with E-state index in [0.717, 1.165) is 0 Å². The molecule has 10 heteroatoms. The van der Waals surface area contributed by atoms with Crippen LogP contribution in [-0.2, 0) is 0 Å². The summed E-state index contributed by atoms with van der Waals surface area (Å²) in [7, 11) is 0. The van der Waals surface area contributed by atoms with E-state index < -0.39 is 12.1 Å². The Hall–Kier alpha value is -2.49. The Balaban J connectivity index is 1.54. The van der Waals surface area contributed by atoms with Gasteiger partial charge in [-0.2, -0.15) is 13.2 Å². The summed E-state index contributed by atoms with van der Waals surface area (Å²) in [5, 5.41) is 4.67. The maximum atomic E-state index is 12.8. The molecule has 0 radical (unpaired) electrons. The third-order valence-corrected chi connectivity index (χ3v) is 5.68. The lowest BCUT2D eigenvalue weighted by molar-refractivity contribution is -0.182. The van der Waals surface area contributed by atoms with Crippen molar-refractivity contribution in [2.24, 2.45) is 5.92 Å². The lowest BCUT2D eigenvalue weighted by Gasteiger charge is -2.30.